The fraction of sp³-hybridized carbons (Fsp3) is 0.333. The zero-order valence-corrected chi connectivity index (χ0v) is 17.8. The van der Waals surface area contributed by atoms with Crippen molar-refractivity contribution in [3.8, 4) is 23.1 Å². The van der Waals surface area contributed by atoms with Crippen LogP contribution in [0.2, 0.25) is 0 Å². The number of pyridine rings is 1. The van der Waals surface area contributed by atoms with E-state index in [2.05, 4.69) is 9.97 Å². The predicted octanol–water partition coefficient (Wildman–Crippen LogP) is 3.25. The Hall–Kier alpha value is -3.64. The van der Waals surface area contributed by atoms with Crippen LogP contribution in [0.4, 0.5) is 14.6 Å². The van der Waals surface area contributed by atoms with Gasteiger partial charge in [-0.25, -0.2) is 9.37 Å². The predicted molar refractivity (Wildman–Crippen MR) is 119 cm³/mol. The van der Waals surface area contributed by atoms with Crippen LogP contribution in [-0.4, -0.2) is 33.7 Å². The molecule has 33 heavy (non-hydrogen) atoms. The van der Waals surface area contributed by atoms with E-state index in [1.807, 2.05) is 6.07 Å². The van der Waals surface area contributed by atoms with Crippen molar-refractivity contribution in [3.63, 3.8) is 0 Å². The first-order chi connectivity index (χ1) is 16.0. The summed E-state index contributed by atoms with van der Waals surface area (Å²) in [5.41, 5.74) is 6.46. The van der Waals surface area contributed by atoms with Crippen LogP contribution in [0.5, 0.6) is 0 Å². The Morgan fingerprint density at radius 1 is 1.09 bits per heavy atom. The Balaban J connectivity index is 1.68. The summed E-state index contributed by atoms with van der Waals surface area (Å²) < 4.78 is 30.9. The number of rotatable bonds is 4. The lowest BCUT2D eigenvalue weighted by Crippen LogP contribution is -2.42. The van der Waals surface area contributed by atoms with Crippen molar-refractivity contribution in [3.05, 3.63) is 69.8 Å². The van der Waals surface area contributed by atoms with Gasteiger partial charge in [0.15, 0.2) is 5.82 Å². The molecule has 1 aliphatic heterocycles. The molecule has 0 bridgehead atoms. The zero-order chi connectivity index (χ0) is 23.1. The Morgan fingerprint density at radius 2 is 1.85 bits per heavy atom. The fourth-order valence-electron chi connectivity index (χ4n) is 4.14. The van der Waals surface area contributed by atoms with Crippen LogP contribution in [0, 0.1) is 23.0 Å². The van der Waals surface area contributed by atoms with Crippen molar-refractivity contribution >= 4 is 5.82 Å². The van der Waals surface area contributed by atoms with Crippen LogP contribution in [0.15, 0.2) is 41.3 Å². The van der Waals surface area contributed by atoms with E-state index < -0.39 is 17.2 Å². The molecule has 7 nitrogen and oxygen atoms in total. The number of hydrogen-bond donors (Lipinski definition) is 1. The molecule has 1 aliphatic carbocycles. The normalized spacial score (nSPS) is 16.6. The lowest BCUT2D eigenvalue weighted by molar-refractivity contribution is 0.486. The maximum absolute atomic E-state index is 15.3. The molecule has 2 N–H and O–H groups in total. The van der Waals surface area contributed by atoms with Crippen molar-refractivity contribution in [2.24, 2.45) is 5.73 Å². The summed E-state index contributed by atoms with van der Waals surface area (Å²) in [6.07, 6.45) is 4.97. The summed E-state index contributed by atoms with van der Waals surface area (Å²) >= 11 is 0. The third-order valence-corrected chi connectivity index (χ3v) is 6.22. The largest absolute Gasteiger partial charge is 0.354 e. The Bertz CT molecular complexity index is 1300. The van der Waals surface area contributed by atoms with Crippen molar-refractivity contribution in [2.45, 2.75) is 37.6 Å². The highest BCUT2D eigenvalue weighted by atomic mass is 19.1. The third-order valence-electron chi connectivity index (χ3n) is 6.22. The minimum absolute atomic E-state index is 0.0211. The first-order valence-electron chi connectivity index (χ1n) is 11.0. The summed E-state index contributed by atoms with van der Waals surface area (Å²) in [4.78, 5) is 23.9. The van der Waals surface area contributed by atoms with Gasteiger partial charge in [0.05, 0.1) is 17.4 Å². The lowest BCUT2D eigenvalue weighted by Gasteiger charge is -2.31. The van der Waals surface area contributed by atoms with Crippen molar-refractivity contribution in [1.82, 2.24) is 14.5 Å². The van der Waals surface area contributed by atoms with Crippen LogP contribution < -0.4 is 16.2 Å². The van der Waals surface area contributed by atoms with Crippen molar-refractivity contribution in [2.75, 3.05) is 18.0 Å². The maximum Gasteiger partial charge on any atom is 0.296 e. The first-order valence-corrected chi connectivity index (χ1v) is 11.0. The molecule has 0 spiro atoms. The molecule has 1 saturated heterocycles. The van der Waals surface area contributed by atoms with Gasteiger partial charge in [0.1, 0.15) is 17.7 Å². The second-order valence-corrected chi connectivity index (χ2v) is 8.56. The second-order valence-electron chi connectivity index (χ2n) is 8.56. The monoisotopic (exact) mass is 448 g/mol. The number of anilines is 1. The van der Waals surface area contributed by atoms with Gasteiger partial charge in [-0.1, -0.05) is 0 Å². The second kappa shape index (κ2) is 8.37. The summed E-state index contributed by atoms with van der Waals surface area (Å²) in [5.74, 6) is -1.30. The van der Waals surface area contributed by atoms with Gasteiger partial charge in [-0.05, 0) is 56.0 Å². The molecule has 0 unspecified atom stereocenters. The van der Waals surface area contributed by atoms with Crippen molar-refractivity contribution < 1.29 is 8.78 Å². The lowest BCUT2D eigenvalue weighted by atomic mass is 10.1. The van der Waals surface area contributed by atoms with E-state index in [1.165, 1.54) is 18.3 Å². The van der Waals surface area contributed by atoms with Gasteiger partial charge in [-0.3, -0.25) is 14.3 Å². The van der Waals surface area contributed by atoms with E-state index in [1.54, 1.807) is 17.0 Å². The van der Waals surface area contributed by atoms with Crippen LogP contribution in [0.25, 0.3) is 17.1 Å². The van der Waals surface area contributed by atoms with Gasteiger partial charge in [0.25, 0.3) is 5.56 Å². The van der Waals surface area contributed by atoms with E-state index in [0.717, 1.165) is 29.2 Å². The van der Waals surface area contributed by atoms with E-state index in [0.29, 0.717) is 37.5 Å². The highest BCUT2D eigenvalue weighted by Gasteiger charge is 2.27. The quantitative estimate of drug-likeness (QED) is 0.658. The number of benzene rings is 1. The summed E-state index contributed by atoms with van der Waals surface area (Å²) in [5, 5.41) is 9.07. The average Bonchev–Trinajstić information content (AvgIpc) is 3.67. The summed E-state index contributed by atoms with van der Waals surface area (Å²) in [7, 11) is 0. The molecule has 0 atom stereocenters. The highest BCUT2D eigenvalue weighted by Crippen LogP contribution is 2.39. The maximum atomic E-state index is 15.3. The van der Waals surface area contributed by atoms with Gasteiger partial charge in [-0.15, -0.1) is 0 Å². The minimum Gasteiger partial charge on any atom is -0.354 e. The van der Waals surface area contributed by atoms with Crippen molar-refractivity contribution in [1.29, 1.82) is 5.26 Å². The SMILES string of the molecule is N#Cc1ccc(-c2nc(N3CCC(N)CC3)c(F)c(=O)n2-c2ccc(C3CC3)nc2)cc1F. The molecule has 0 amide bonds. The van der Waals surface area contributed by atoms with Crippen LogP contribution >= 0.6 is 0 Å². The smallest absolute Gasteiger partial charge is 0.296 e. The Morgan fingerprint density at radius 3 is 2.45 bits per heavy atom. The number of nitriles is 1. The number of nitrogens with zero attached hydrogens (tertiary/aromatic N) is 5. The molecule has 2 aromatic heterocycles. The molecule has 2 aliphatic rings. The van der Waals surface area contributed by atoms with E-state index >= 15 is 4.39 Å². The number of nitrogens with two attached hydrogens (primary N) is 1. The van der Waals surface area contributed by atoms with Gasteiger partial charge >= 0.3 is 0 Å². The van der Waals surface area contributed by atoms with Crippen LogP contribution in [-0.2, 0) is 0 Å². The number of hydrogen-bond acceptors (Lipinski definition) is 6. The average molecular weight is 448 g/mol. The molecule has 3 heterocycles. The first kappa shape index (κ1) is 21.2. The third kappa shape index (κ3) is 3.98. The molecule has 3 aromatic rings. The molecule has 5 rings (SSSR count). The highest BCUT2D eigenvalue weighted by molar-refractivity contribution is 5.62. The summed E-state index contributed by atoms with van der Waals surface area (Å²) in [6, 6.07) is 9.27. The molecule has 1 saturated carbocycles. The van der Waals surface area contributed by atoms with Crippen LogP contribution in [0.3, 0.4) is 0 Å². The molecular weight excluding hydrogens is 426 g/mol. The topological polar surface area (TPSA) is 101 Å². The molecule has 0 radical (unpaired) electrons. The Kier molecular flexibility index (Phi) is 5.38. The fourth-order valence-corrected chi connectivity index (χ4v) is 4.14. The molecular formula is C24H22F2N6O. The molecule has 9 heteroatoms. The molecule has 168 valence electrons. The number of piperidine rings is 1. The van der Waals surface area contributed by atoms with Crippen LogP contribution in [0.1, 0.15) is 42.9 Å². The van der Waals surface area contributed by atoms with Gasteiger partial charge in [0.2, 0.25) is 5.82 Å². The van der Waals surface area contributed by atoms with Gasteiger partial charge in [-0.2, -0.15) is 9.65 Å². The number of halogens is 2. The molecule has 2 fully saturated rings. The van der Waals surface area contributed by atoms with E-state index in [-0.39, 0.29) is 28.8 Å². The summed E-state index contributed by atoms with van der Waals surface area (Å²) in [6.45, 7) is 0.931. The minimum atomic E-state index is -0.977. The van der Waals surface area contributed by atoms with Gasteiger partial charge in [0, 0.05) is 36.3 Å². The van der Waals surface area contributed by atoms with E-state index in [9.17, 15) is 9.18 Å². The standard InChI is InChI=1S/C24H22F2N6O/c25-19-11-15(3-4-16(19)12-27)22-30-23(31-9-7-17(28)8-10-31)21(26)24(33)32(22)18-5-6-20(29-13-18)14-1-2-14/h3-6,11,13-14,17H,1-2,7-10,28H2. The molecule has 1 aromatic carbocycles. The van der Waals surface area contributed by atoms with Gasteiger partial charge < -0.3 is 10.6 Å². The Labute approximate surface area is 189 Å². The zero-order valence-electron chi connectivity index (χ0n) is 17.8. The number of aromatic nitrogens is 3. The van der Waals surface area contributed by atoms with E-state index in [4.69, 9.17) is 11.0 Å².